The van der Waals surface area contributed by atoms with Gasteiger partial charge >= 0.3 is 8.56 Å². The Labute approximate surface area is 91.2 Å². The maximum Gasteiger partial charge on any atom is 0.369 e. The average molecular weight is 224 g/mol. The number of benzene rings is 1. The SMILES string of the molecule is C[Si]1(c2ccccc2)OCCOCCO1. The maximum absolute atomic E-state index is 5.85. The zero-order valence-corrected chi connectivity index (χ0v) is 9.94. The molecule has 1 aliphatic heterocycles. The van der Waals surface area contributed by atoms with Gasteiger partial charge in [-0.05, 0) is 11.7 Å². The van der Waals surface area contributed by atoms with E-state index in [1.807, 2.05) is 18.2 Å². The lowest BCUT2D eigenvalue weighted by Crippen LogP contribution is -2.53. The summed E-state index contributed by atoms with van der Waals surface area (Å²) in [5.41, 5.74) is 0. The molecule has 82 valence electrons. The van der Waals surface area contributed by atoms with Crippen LogP contribution in [0.25, 0.3) is 0 Å². The highest BCUT2D eigenvalue weighted by atomic mass is 28.4. The second-order valence-corrected chi connectivity index (χ2v) is 6.67. The topological polar surface area (TPSA) is 27.7 Å². The quantitative estimate of drug-likeness (QED) is 0.667. The van der Waals surface area contributed by atoms with Crippen LogP contribution in [0.2, 0.25) is 6.55 Å². The minimum absolute atomic E-state index is 0.623. The van der Waals surface area contributed by atoms with Gasteiger partial charge in [0, 0.05) is 0 Å². The van der Waals surface area contributed by atoms with Crippen molar-refractivity contribution in [1.29, 1.82) is 0 Å². The molecule has 0 N–H and O–H groups in total. The molecule has 0 unspecified atom stereocenters. The van der Waals surface area contributed by atoms with Crippen LogP contribution in [0.5, 0.6) is 0 Å². The molecule has 1 fully saturated rings. The molecule has 15 heavy (non-hydrogen) atoms. The summed E-state index contributed by atoms with van der Waals surface area (Å²) in [5.74, 6) is 0. The molecule has 0 bridgehead atoms. The minimum atomic E-state index is -2.18. The summed E-state index contributed by atoms with van der Waals surface area (Å²) < 4.78 is 17.0. The van der Waals surface area contributed by atoms with Gasteiger partial charge in [-0.25, -0.2) is 0 Å². The molecule has 0 aliphatic carbocycles. The van der Waals surface area contributed by atoms with E-state index in [4.69, 9.17) is 13.6 Å². The molecular formula is C11H16O3Si. The molecule has 0 amide bonds. The maximum atomic E-state index is 5.85. The van der Waals surface area contributed by atoms with Crippen LogP contribution < -0.4 is 5.19 Å². The Hall–Kier alpha value is -0.683. The molecule has 2 rings (SSSR count). The van der Waals surface area contributed by atoms with Gasteiger partial charge < -0.3 is 13.6 Å². The molecule has 0 spiro atoms. The smallest absolute Gasteiger partial charge is 0.369 e. The van der Waals surface area contributed by atoms with Crippen LogP contribution in [0.4, 0.5) is 0 Å². The first-order chi connectivity index (χ1) is 7.31. The Balaban J connectivity index is 2.15. The van der Waals surface area contributed by atoms with Crippen molar-refractivity contribution in [3.05, 3.63) is 30.3 Å². The van der Waals surface area contributed by atoms with Gasteiger partial charge in [0.15, 0.2) is 0 Å². The zero-order chi connectivity index (χ0) is 10.6. The van der Waals surface area contributed by atoms with Crippen LogP contribution in [0.15, 0.2) is 30.3 Å². The third kappa shape index (κ3) is 2.66. The van der Waals surface area contributed by atoms with Crippen LogP contribution in [-0.2, 0) is 13.6 Å². The standard InChI is InChI=1S/C11H16O3Si/c1-15(11-5-3-2-4-6-11)13-9-7-12-8-10-14-15/h2-6H,7-10H2,1H3. The van der Waals surface area contributed by atoms with E-state index in [1.54, 1.807) is 0 Å². The van der Waals surface area contributed by atoms with E-state index in [9.17, 15) is 0 Å². The summed E-state index contributed by atoms with van der Waals surface area (Å²) in [6.07, 6.45) is 0. The Morgan fingerprint density at radius 2 is 1.53 bits per heavy atom. The Kier molecular flexibility index (Phi) is 3.53. The van der Waals surface area contributed by atoms with Crippen LogP contribution in [0.1, 0.15) is 0 Å². The number of ether oxygens (including phenoxy) is 1. The molecule has 1 aromatic carbocycles. The first-order valence-electron chi connectivity index (χ1n) is 5.22. The third-order valence-electron chi connectivity index (χ3n) is 2.51. The van der Waals surface area contributed by atoms with Crippen LogP contribution in [0, 0.1) is 0 Å². The molecule has 0 atom stereocenters. The lowest BCUT2D eigenvalue weighted by molar-refractivity contribution is 0.0308. The molecule has 0 radical (unpaired) electrons. The second kappa shape index (κ2) is 4.89. The van der Waals surface area contributed by atoms with Crippen molar-refractivity contribution in [2.45, 2.75) is 6.55 Å². The predicted molar refractivity (Wildman–Crippen MR) is 60.4 cm³/mol. The van der Waals surface area contributed by atoms with Gasteiger partial charge in [0.05, 0.1) is 26.4 Å². The van der Waals surface area contributed by atoms with E-state index in [2.05, 4.69) is 18.7 Å². The third-order valence-corrected chi connectivity index (χ3v) is 5.40. The summed E-state index contributed by atoms with van der Waals surface area (Å²) in [6.45, 7) is 4.67. The number of rotatable bonds is 1. The summed E-state index contributed by atoms with van der Waals surface area (Å²) in [4.78, 5) is 0. The van der Waals surface area contributed by atoms with E-state index in [1.165, 1.54) is 5.19 Å². The fraction of sp³-hybridized carbons (Fsp3) is 0.455. The largest absolute Gasteiger partial charge is 0.389 e. The predicted octanol–water partition coefficient (Wildman–Crippen LogP) is 1.03. The molecule has 1 aromatic rings. The molecule has 1 saturated heterocycles. The van der Waals surface area contributed by atoms with Crippen molar-refractivity contribution in [2.24, 2.45) is 0 Å². The Bertz CT molecular complexity index is 294. The normalized spacial score (nSPS) is 21.7. The molecular weight excluding hydrogens is 208 g/mol. The zero-order valence-electron chi connectivity index (χ0n) is 8.94. The summed E-state index contributed by atoms with van der Waals surface area (Å²) in [5, 5.41) is 1.19. The van der Waals surface area contributed by atoms with E-state index < -0.39 is 8.56 Å². The van der Waals surface area contributed by atoms with E-state index in [-0.39, 0.29) is 0 Å². The van der Waals surface area contributed by atoms with Gasteiger partial charge in [-0.1, -0.05) is 30.3 Å². The first-order valence-corrected chi connectivity index (χ1v) is 7.54. The highest BCUT2D eigenvalue weighted by Crippen LogP contribution is 2.09. The van der Waals surface area contributed by atoms with Crippen LogP contribution in [0.3, 0.4) is 0 Å². The summed E-state index contributed by atoms with van der Waals surface area (Å²) in [6, 6.07) is 10.2. The highest BCUT2D eigenvalue weighted by Gasteiger charge is 2.34. The van der Waals surface area contributed by atoms with E-state index >= 15 is 0 Å². The fourth-order valence-corrected chi connectivity index (χ4v) is 3.80. The van der Waals surface area contributed by atoms with Crippen molar-refractivity contribution in [2.75, 3.05) is 26.4 Å². The van der Waals surface area contributed by atoms with Crippen molar-refractivity contribution in [3.63, 3.8) is 0 Å². The lowest BCUT2D eigenvalue weighted by atomic mass is 10.4. The Morgan fingerprint density at radius 1 is 0.933 bits per heavy atom. The second-order valence-electron chi connectivity index (χ2n) is 3.62. The molecule has 1 heterocycles. The van der Waals surface area contributed by atoms with Crippen LogP contribution in [-0.4, -0.2) is 35.0 Å². The summed E-state index contributed by atoms with van der Waals surface area (Å²) >= 11 is 0. The Morgan fingerprint density at radius 3 is 2.13 bits per heavy atom. The van der Waals surface area contributed by atoms with Gasteiger partial charge in [-0.3, -0.25) is 0 Å². The molecule has 1 aliphatic rings. The average Bonchev–Trinajstić information content (AvgIpc) is 2.25. The van der Waals surface area contributed by atoms with Crippen molar-refractivity contribution >= 4 is 13.7 Å². The van der Waals surface area contributed by atoms with Gasteiger partial charge in [-0.15, -0.1) is 0 Å². The summed E-state index contributed by atoms with van der Waals surface area (Å²) in [7, 11) is -2.18. The highest BCUT2D eigenvalue weighted by molar-refractivity contribution is 6.79. The molecule has 0 aromatic heterocycles. The van der Waals surface area contributed by atoms with Gasteiger partial charge in [0.25, 0.3) is 0 Å². The molecule has 4 heteroatoms. The van der Waals surface area contributed by atoms with Crippen LogP contribution >= 0.6 is 0 Å². The van der Waals surface area contributed by atoms with Crippen molar-refractivity contribution in [3.8, 4) is 0 Å². The van der Waals surface area contributed by atoms with E-state index in [0.29, 0.717) is 26.4 Å². The first kappa shape index (κ1) is 10.8. The molecule has 0 saturated carbocycles. The fourth-order valence-electron chi connectivity index (χ4n) is 1.64. The monoisotopic (exact) mass is 224 g/mol. The van der Waals surface area contributed by atoms with E-state index in [0.717, 1.165) is 0 Å². The van der Waals surface area contributed by atoms with Crippen molar-refractivity contribution < 1.29 is 13.6 Å². The minimum Gasteiger partial charge on any atom is -0.389 e. The number of hydrogen-bond donors (Lipinski definition) is 0. The molecule has 3 nitrogen and oxygen atoms in total. The van der Waals surface area contributed by atoms with Crippen molar-refractivity contribution in [1.82, 2.24) is 0 Å². The lowest BCUT2D eigenvalue weighted by Gasteiger charge is -2.29. The van der Waals surface area contributed by atoms with Gasteiger partial charge in [0.1, 0.15) is 0 Å². The van der Waals surface area contributed by atoms with Gasteiger partial charge in [0.2, 0.25) is 0 Å². The van der Waals surface area contributed by atoms with Gasteiger partial charge in [-0.2, -0.15) is 0 Å². The number of hydrogen-bond acceptors (Lipinski definition) is 3.